The number of ether oxygens (including phenoxy) is 1. The number of H-pyrrole nitrogens is 1. The van der Waals surface area contributed by atoms with E-state index in [9.17, 15) is 4.79 Å². The number of nitrogens with zero attached hydrogens (tertiary/aromatic N) is 5. The third kappa shape index (κ3) is 5.01. The van der Waals surface area contributed by atoms with E-state index in [2.05, 4.69) is 71.3 Å². The topological polar surface area (TPSA) is 88.9 Å². The van der Waals surface area contributed by atoms with Crippen molar-refractivity contribution in [1.82, 2.24) is 30.1 Å². The van der Waals surface area contributed by atoms with Gasteiger partial charge in [-0.05, 0) is 77.7 Å². The second kappa shape index (κ2) is 10.1. The average Bonchev–Trinajstić information content (AvgIpc) is 3.46. The van der Waals surface area contributed by atoms with Crippen LogP contribution in [0.4, 0.5) is 0 Å². The Hall–Kier alpha value is -2.58. The maximum Gasteiger partial charge on any atom is 0.252 e. The zero-order valence-corrected chi connectivity index (χ0v) is 20.5. The van der Waals surface area contributed by atoms with Gasteiger partial charge in [0.25, 0.3) is 5.56 Å². The van der Waals surface area contributed by atoms with Crippen LogP contribution in [0, 0.1) is 19.8 Å². The monoisotopic (exact) mass is 452 g/mol. The lowest BCUT2D eigenvalue weighted by Crippen LogP contribution is -2.41. The number of nitrogens with one attached hydrogen (secondary N) is 1. The molecule has 8 nitrogen and oxygen atoms in total. The van der Waals surface area contributed by atoms with Crippen LogP contribution in [0.15, 0.2) is 23.0 Å². The SMILES string of the molecule is COCCn1nnnc1[C@H](C(C)C)N(Cc1cc2cc(C)c(C)cc2[nH]c1=O)C1CCCC1. The number of rotatable bonds is 9. The fourth-order valence-corrected chi connectivity index (χ4v) is 5.12. The summed E-state index contributed by atoms with van der Waals surface area (Å²) in [6, 6.07) is 6.70. The van der Waals surface area contributed by atoms with Crippen molar-refractivity contribution in [3.8, 4) is 0 Å². The molecule has 1 saturated carbocycles. The molecule has 3 aromatic rings. The Morgan fingerprint density at radius 3 is 2.61 bits per heavy atom. The largest absolute Gasteiger partial charge is 0.383 e. The summed E-state index contributed by atoms with van der Waals surface area (Å²) < 4.78 is 7.12. The van der Waals surface area contributed by atoms with Crippen LogP contribution in [-0.2, 0) is 17.8 Å². The number of aromatic nitrogens is 5. The van der Waals surface area contributed by atoms with E-state index >= 15 is 0 Å². The van der Waals surface area contributed by atoms with Gasteiger partial charge in [0, 0.05) is 30.8 Å². The highest BCUT2D eigenvalue weighted by molar-refractivity contribution is 5.80. The Morgan fingerprint density at radius 2 is 1.91 bits per heavy atom. The maximum absolute atomic E-state index is 13.1. The highest BCUT2D eigenvalue weighted by atomic mass is 16.5. The van der Waals surface area contributed by atoms with Gasteiger partial charge in [-0.2, -0.15) is 0 Å². The third-order valence-electron chi connectivity index (χ3n) is 7.00. The maximum atomic E-state index is 13.1. The Labute approximate surface area is 195 Å². The van der Waals surface area contributed by atoms with Gasteiger partial charge in [-0.25, -0.2) is 4.68 Å². The molecule has 0 amide bonds. The van der Waals surface area contributed by atoms with E-state index in [1.165, 1.54) is 24.0 Å². The fourth-order valence-electron chi connectivity index (χ4n) is 5.12. The zero-order chi connectivity index (χ0) is 23.5. The highest BCUT2D eigenvalue weighted by Crippen LogP contribution is 2.36. The summed E-state index contributed by atoms with van der Waals surface area (Å²) in [4.78, 5) is 18.7. The first-order valence-electron chi connectivity index (χ1n) is 12.0. The molecule has 1 aliphatic carbocycles. The van der Waals surface area contributed by atoms with E-state index in [0.29, 0.717) is 25.7 Å². The van der Waals surface area contributed by atoms with Crippen molar-refractivity contribution in [2.75, 3.05) is 13.7 Å². The predicted octanol–water partition coefficient (Wildman–Crippen LogP) is 3.92. The van der Waals surface area contributed by atoms with Crippen molar-refractivity contribution in [1.29, 1.82) is 0 Å². The number of tetrazole rings is 1. The van der Waals surface area contributed by atoms with E-state index < -0.39 is 0 Å². The number of hydrogen-bond donors (Lipinski definition) is 1. The van der Waals surface area contributed by atoms with Crippen LogP contribution < -0.4 is 5.56 Å². The molecule has 4 rings (SSSR count). The van der Waals surface area contributed by atoms with Crippen LogP contribution >= 0.6 is 0 Å². The second-order valence-corrected chi connectivity index (χ2v) is 9.70. The van der Waals surface area contributed by atoms with Gasteiger partial charge in [-0.15, -0.1) is 5.10 Å². The van der Waals surface area contributed by atoms with E-state index in [1.54, 1.807) is 7.11 Å². The first-order chi connectivity index (χ1) is 15.9. The lowest BCUT2D eigenvalue weighted by Gasteiger charge is -2.38. The average molecular weight is 453 g/mol. The molecular weight excluding hydrogens is 416 g/mol. The molecule has 0 unspecified atom stereocenters. The molecule has 1 atom stereocenters. The van der Waals surface area contributed by atoms with Crippen molar-refractivity contribution < 1.29 is 4.74 Å². The molecule has 0 saturated heterocycles. The zero-order valence-electron chi connectivity index (χ0n) is 20.5. The Morgan fingerprint density at radius 1 is 1.18 bits per heavy atom. The minimum atomic E-state index is -0.0183. The normalized spacial score (nSPS) is 15.8. The summed E-state index contributed by atoms with van der Waals surface area (Å²) in [6.45, 7) is 10.3. The van der Waals surface area contributed by atoms with E-state index in [4.69, 9.17) is 4.74 Å². The number of fused-ring (bicyclic) bond motifs is 1. The minimum Gasteiger partial charge on any atom is -0.383 e. The number of hydrogen-bond acceptors (Lipinski definition) is 6. The van der Waals surface area contributed by atoms with Gasteiger partial charge in [0.2, 0.25) is 0 Å². The summed E-state index contributed by atoms with van der Waals surface area (Å²) >= 11 is 0. The van der Waals surface area contributed by atoms with Gasteiger partial charge in [0.1, 0.15) is 0 Å². The Bertz CT molecular complexity index is 1150. The van der Waals surface area contributed by atoms with Gasteiger partial charge in [0.05, 0.1) is 19.2 Å². The quantitative estimate of drug-likeness (QED) is 0.529. The first kappa shape index (κ1) is 23.6. The molecule has 0 radical (unpaired) electrons. The molecule has 1 N–H and O–H groups in total. The van der Waals surface area contributed by atoms with Gasteiger partial charge in [-0.3, -0.25) is 9.69 Å². The molecule has 0 bridgehead atoms. The standard InChI is InChI=1S/C25H36N6O2/c1-16(2)23(24-27-28-29-31(24)10-11-33-5)30(21-8-6-7-9-21)15-20-14-19-12-17(3)18(4)13-22(19)26-25(20)32/h12-14,16,21,23H,6-11,15H2,1-5H3,(H,26,32)/t23-/m0/s1. The molecule has 1 aromatic carbocycles. The van der Waals surface area contributed by atoms with Crippen LogP contribution in [0.1, 0.15) is 68.1 Å². The fraction of sp³-hybridized carbons (Fsp3) is 0.600. The third-order valence-corrected chi connectivity index (χ3v) is 7.00. The number of methoxy groups -OCH3 is 1. The second-order valence-electron chi connectivity index (χ2n) is 9.70. The molecule has 33 heavy (non-hydrogen) atoms. The Kier molecular flexibility index (Phi) is 7.24. The minimum absolute atomic E-state index is 0.00908. The molecule has 8 heteroatoms. The van der Waals surface area contributed by atoms with Crippen molar-refractivity contribution >= 4 is 10.9 Å². The van der Waals surface area contributed by atoms with Gasteiger partial charge in [0.15, 0.2) is 5.82 Å². The molecule has 1 aliphatic rings. The summed E-state index contributed by atoms with van der Waals surface area (Å²) in [5.41, 5.74) is 4.07. The van der Waals surface area contributed by atoms with Crippen LogP contribution in [0.5, 0.6) is 0 Å². The van der Waals surface area contributed by atoms with Gasteiger partial charge >= 0.3 is 0 Å². The van der Waals surface area contributed by atoms with Crippen LogP contribution in [0.3, 0.4) is 0 Å². The molecule has 0 aliphatic heterocycles. The number of aromatic amines is 1. The summed E-state index contributed by atoms with van der Waals surface area (Å²) in [6.07, 6.45) is 4.69. The number of aryl methyl sites for hydroxylation is 2. The van der Waals surface area contributed by atoms with Crippen LogP contribution in [0.25, 0.3) is 10.9 Å². The highest BCUT2D eigenvalue weighted by Gasteiger charge is 2.35. The summed E-state index contributed by atoms with van der Waals surface area (Å²) in [7, 11) is 1.68. The van der Waals surface area contributed by atoms with E-state index in [1.807, 2.05) is 4.68 Å². The molecule has 178 valence electrons. The molecule has 1 fully saturated rings. The predicted molar refractivity (Wildman–Crippen MR) is 129 cm³/mol. The van der Waals surface area contributed by atoms with E-state index in [0.717, 1.165) is 35.1 Å². The molecular formula is C25H36N6O2. The molecule has 2 aromatic heterocycles. The molecule has 0 spiro atoms. The summed E-state index contributed by atoms with van der Waals surface area (Å²) in [5, 5.41) is 13.7. The van der Waals surface area contributed by atoms with Crippen molar-refractivity contribution in [2.45, 2.75) is 78.6 Å². The smallest absolute Gasteiger partial charge is 0.252 e. The van der Waals surface area contributed by atoms with Crippen LogP contribution in [-0.4, -0.2) is 49.8 Å². The van der Waals surface area contributed by atoms with E-state index in [-0.39, 0.29) is 17.5 Å². The van der Waals surface area contributed by atoms with Gasteiger partial charge in [-0.1, -0.05) is 26.7 Å². The molecule has 2 heterocycles. The lowest BCUT2D eigenvalue weighted by atomic mass is 9.97. The van der Waals surface area contributed by atoms with Crippen LogP contribution in [0.2, 0.25) is 0 Å². The van der Waals surface area contributed by atoms with Crippen molar-refractivity contribution in [2.24, 2.45) is 5.92 Å². The van der Waals surface area contributed by atoms with Crippen molar-refractivity contribution in [3.63, 3.8) is 0 Å². The Balaban J connectivity index is 1.74. The first-order valence-corrected chi connectivity index (χ1v) is 12.0. The number of benzene rings is 1. The summed E-state index contributed by atoms with van der Waals surface area (Å²) in [5.74, 6) is 1.12. The van der Waals surface area contributed by atoms with Crippen molar-refractivity contribution in [3.05, 3.63) is 51.1 Å². The number of pyridine rings is 1. The van der Waals surface area contributed by atoms with Gasteiger partial charge < -0.3 is 9.72 Å². The lowest BCUT2D eigenvalue weighted by molar-refractivity contribution is 0.0822.